The van der Waals surface area contributed by atoms with E-state index in [1.807, 2.05) is 0 Å². The third-order valence-electron chi connectivity index (χ3n) is 1.80. The number of carbonyl (C=O) groups excluding carboxylic acids is 1. The molecule has 0 spiro atoms. The van der Waals surface area contributed by atoms with Gasteiger partial charge >= 0.3 is 0 Å². The highest BCUT2D eigenvalue weighted by atomic mass is 35.5. The van der Waals surface area contributed by atoms with Crippen molar-refractivity contribution in [1.29, 1.82) is 0 Å². The van der Waals surface area contributed by atoms with Crippen LogP contribution in [-0.4, -0.2) is 15.3 Å². The van der Waals surface area contributed by atoms with Crippen LogP contribution >= 0.6 is 11.6 Å². The molecule has 0 bridgehead atoms. The number of rotatable bonds is 1. The van der Waals surface area contributed by atoms with E-state index < -0.39 is 5.91 Å². The van der Waals surface area contributed by atoms with Gasteiger partial charge in [-0.05, 0) is 22.8 Å². The molecule has 1 amide bonds. The molecule has 0 unspecified atom stereocenters. The Bertz CT molecular complexity index is 584. The summed E-state index contributed by atoms with van der Waals surface area (Å²) in [5.41, 5.74) is 8.70. The lowest BCUT2D eigenvalue weighted by molar-refractivity contribution is 0.0996. The van der Waals surface area contributed by atoms with E-state index in [1.165, 1.54) is 10.6 Å². The fourth-order valence-corrected chi connectivity index (χ4v) is 1.38. The lowest BCUT2D eigenvalue weighted by atomic mass is 10.5. The number of pyridine rings is 1. The highest BCUT2D eigenvalue weighted by Crippen LogP contribution is 2.13. The molecule has 0 fully saturated rings. The van der Waals surface area contributed by atoms with Gasteiger partial charge < -0.3 is 0 Å². The van der Waals surface area contributed by atoms with Crippen LogP contribution < -0.4 is 0 Å². The van der Waals surface area contributed by atoms with Crippen LogP contribution in [0.2, 0.25) is 5.15 Å². The Kier molecular flexibility index (Phi) is 2.29. The SMILES string of the molecule is [N-]=[N+]=NC(=O)c1cn2c(Cl)cccc2n1. The van der Waals surface area contributed by atoms with Gasteiger partial charge in [0.05, 0.1) is 0 Å². The van der Waals surface area contributed by atoms with Gasteiger partial charge in [-0.3, -0.25) is 9.20 Å². The number of imidazole rings is 1. The summed E-state index contributed by atoms with van der Waals surface area (Å²) < 4.78 is 1.53. The largest absolute Gasteiger partial charge is 0.289 e. The smallest absolute Gasteiger partial charge is 0.269 e. The van der Waals surface area contributed by atoms with E-state index in [1.54, 1.807) is 18.2 Å². The van der Waals surface area contributed by atoms with Gasteiger partial charge in [0.2, 0.25) is 0 Å². The summed E-state index contributed by atoms with van der Waals surface area (Å²) >= 11 is 5.86. The first-order valence-electron chi connectivity index (χ1n) is 3.95. The molecule has 2 rings (SSSR count). The van der Waals surface area contributed by atoms with Gasteiger partial charge in [0, 0.05) is 11.1 Å². The minimum absolute atomic E-state index is 0.0703. The molecule has 0 radical (unpaired) electrons. The highest BCUT2D eigenvalue weighted by molar-refractivity contribution is 6.29. The van der Waals surface area contributed by atoms with Gasteiger partial charge in [0.25, 0.3) is 5.91 Å². The summed E-state index contributed by atoms with van der Waals surface area (Å²) in [6.45, 7) is 0. The molecule has 7 heteroatoms. The fourth-order valence-electron chi connectivity index (χ4n) is 1.17. The molecular formula is C8H4ClN5O. The molecule has 6 nitrogen and oxygen atoms in total. The Morgan fingerprint density at radius 3 is 3.07 bits per heavy atom. The molecule has 0 aliphatic rings. The number of nitrogens with zero attached hydrogens (tertiary/aromatic N) is 5. The quantitative estimate of drug-likeness (QED) is 0.321. The van der Waals surface area contributed by atoms with E-state index in [-0.39, 0.29) is 5.69 Å². The van der Waals surface area contributed by atoms with Crippen LogP contribution in [0.4, 0.5) is 0 Å². The summed E-state index contributed by atoms with van der Waals surface area (Å²) in [6, 6.07) is 5.07. The molecule has 0 aliphatic carbocycles. The van der Waals surface area contributed by atoms with Crippen LogP contribution in [0, 0.1) is 0 Å². The van der Waals surface area contributed by atoms with Crippen LogP contribution in [-0.2, 0) is 0 Å². The molecule has 0 atom stereocenters. The first-order valence-corrected chi connectivity index (χ1v) is 4.33. The molecular weight excluding hydrogens is 218 g/mol. The monoisotopic (exact) mass is 221 g/mol. The average Bonchev–Trinajstić information content (AvgIpc) is 2.63. The maximum absolute atomic E-state index is 11.2. The zero-order valence-electron chi connectivity index (χ0n) is 7.33. The van der Waals surface area contributed by atoms with Crippen LogP contribution in [0.15, 0.2) is 29.5 Å². The first kappa shape index (κ1) is 9.51. The highest BCUT2D eigenvalue weighted by Gasteiger charge is 2.09. The number of halogens is 1. The summed E-state index contributed by atoms with van der Waals surface area (Å²) in [5, 5.41) is 3.37. The predicted molar refractivity (Wildman–Crippen MR) is 53.7 cm³/mol. The second-order valence-corrected chi connectivity index (χ2v) is 3.08. The van der Waals surface area contributed by atoms with Gasteiger partial charge in [0.15, 0.2) is 0 Å². The number of hydrogen-bond donors (Lipinski definition) is 0. The Hall–Kier alpha value is -2.04. The summed E-state index contributed by atoms with van der Waals surface area (Å²) in [6.07, 6.45) is 1.43. The Balaban J connectivity index is 2.61. The second-order valence-electron chi connectivity index (χ2n) is 2.70. The maximum Gasteiger partial charge on any atom is 0.269 e. The van der Waals surface area contributed by atoms with E-state index in [0.717, 1.165) is 0 Å². The van der Waals surface area contributed by atoms with Crippen LogP contribution in [0.25, 0.3) is 16.1 Å². The van der Waals surface area contributed by atoms with Crippen molar-refractivity contribution in [3.63, 3.8) is 0 Å². The van der Waals surface area contributed by atoms with Crippen molar-refractivity contribution < 1.29 is 4.79 Å². The molecule has 0 saturated heterocycles. The van der Waals surface area contributed by atoms with Crippen LogP contribution in [0.3, 0.4) is 0 Å². The van der Waals surface area contributed by atoms with Gasteiger partial charge in [-0.1, -0.05) is 17.7 Å². The minimum Gasteiger partial charge on any atom is -0.289 e. The van der Waals surface area contributed by atoms with E-state index in [2.05, 4.69) is 15.0 Å². The van der Waals surface area contributed by atoms with Crippen molar-refractivity contribution in [3.8, 4) is 0 Å². The molecule has 74 valence electrons. The topological polar surface area (TPSA) is 83.1 Å². The summed E-state index contributed by atoms with van der Waals surface area (Å²) in [5.74, 6) is -0.725. The van der Waals surface area contributed by atoms with Gasteiger partial charge in [-0.25, -0.2) is 4.98 Å². The lowest BCUT2D eigenvalue weighted by Crippen LogP contribution is -1.92. The van der Waals surface area contributed by atoms with Crippen molar-refractivity contribution in [3.05, 3.63) is 45.7 Å². The van der Waals surface area contributed by atoms with E-state index in [9.17, 15) is 4.79 Å². The predicted octanol–water partition coefficient (Wildman–Crippen LogP) is 2.44. The lowest BCUT2D eigenvalue weighted by Gasteiger charge is -1.93. The van der Waals surface area contributed by atoms with Crippen molar-refractivity contribution in [2.45, 2.75) is 0 Å². The van der Waals surface area contributed by atoms with Gasteiger partial charge in [-0.2, -0.15) is 0 Å². The standard InChI is InChI=1S/C8H4ClN5O/c9-6-2-1-3-7-11-5(4-14(6)7)8(15)12-13-10/h1-4H. The number of fused-ring (bicyclic) bond motifs is 1. The number of azide groups is 1. The van der Waals surface area contributed by atoms with Crippen molar-refractivity contribution in [1.82, 2.24) is 9.38 Å². The molecule has 0 saturated carbocycles. The molecule has 2 aromatic heterocycles. The Labute approximate surface area is 88.7 Å². The summed E-state index contributed by atoms with van der Waals surface area (Å²) in [7, 11) is 0. The number of carbonyl (C=O) groups is 1. The van der Waals surface area contributed by atoms with Gasteiger partial charge in [0.1, 0.15) is 16.5 Å². The van der Waals surface area contributed by atoms with Crippen molar-refractivity contribution >= 4 is 23.2 Å². The number of aromatic nitrogens is 2. The normalized spacial score (nSPS) is 9.93. The second kappa shape index (κ2) is 3.61. The van der Waals surface area contributed by atoms with Gasteiger partial charge in [-0.15, -0.1) is 0 Å². The molecule has 2 aromatic rings. The van der Waals surface area contributed by atoms with E-state index >= 15 is 0 Å². The fraction of sp³-hybridized carbons (Fsp3) is 0. The maximum atomic E-state index is 11.2. The Morgan fingerprint density at radius 1 is 1.60 bits per heavy atom. The number of amides is 1. The summed E-state index contributed by atoms with van der Waals surface area (Å²) in [4.78, 5) is 17.5. The molecule has 0 N–H and O–H groups in total. The molecule has 15 heavy (non-hydrogen) atoms. The zero-order valence-corrected chi connectivity index (χ0v) is 8.09. The number of hydrogen-bond acceptors (Lipinski definition) is 2. The zero-order chi connectivity index (χ0) is 10.8. The molecule has 0 aliphatic heterocycles. The van der Waals surface area contributed by atoms with E-state index in [4.69, 9.17) is 17.1 Å². The first-order chi connectivity index (χ1) is 7.22. The average molecular weight is 222 g/mol. The molecule has 0 aromatic carbocycles. The van der Waals surface area contributed by atoms with Crippen molar-refractivity contribution in [2.75, 3.05) is 0 Å². The third kappa shape index (κ3) is 1.63. The molecule has 2 heterocycles. The van der Waals surface area contributed by atoms with Crippen molar-refractivity contribution in [2.24, 2.45) is 5.11 Å². The minimum atomic E-state index is -0.725. The van der Waals surface area contributed by atoms with Crippen LogP contribution in [0.5, 0.6) is 0 Å². The Morgan fingerprint density at radius 2 is 2.40 bits per heavy atom. The van der Waals surface area contributed by atoms with Crippen LogP contribution in [0.1, 0.15) is 10.5 Å². The van der Waals surface area contributed by atoms with E-state index in [0.29, 0.717) is 10.8 Å². The third-order valence-corrected chi connectivity index (χ3v) is 2.11.